The number of likely N-dealkylation sites (N-methyl/N-ethyl adjacent to an activating group) is 2. The number of hydrogen-bond donors (Lipinski definition) is 8. The molecule has 0 saturated carbocycles. The third kappa shape index (κ3) is 23.8. The minimum Gasteiger partial charge on any atom is -0.374 e. The summed E-state index contributed by atoms with van der Waals surface area (Å²) in [5, 5.41) is 25.3. The highest BCUT2D eigenvalue weighted by atomic mass is 16.2. The number of nitrogens with one attached hydrogen (secondary N) is 8. The van der Waals surface area contributed by atoms with Gasteiger partial charge in [0.05, 0.1) is 0 Å². The Morgan fingerprint density at radius 3 is 1.56 bits per heavy atom. The van der Waals surface area contributed by atoms with Gasteiger partial charge in [-0.05, 0) is 25.7 Å². The SMILES string of the molecule is C=C1CCC(CNC(C)C)N1C.CC(C)NC1CC(=O)N(C)C1.CC(C)NC1CCC(=O)NC1.CC(C)NC1CNC(=O)C1.CC(C)NCC1CCC(=O)N1. The van der Waals surface area contributed by atoms with E-state index in [9.17, 15) is 19.2 Å². The molecule has 5 rings (SSSR count). The molecule has 5 saturated heterocycles. The zero-order valence-electron chi connectivity index (χ0n) is 36.7. The molecule has 5 atom stereocenters. The molecule has 5 heterocycles. The molecular weight excluding hydrogens is 697 g/mol. The molecule has 5 aliphatic heterocycles. The first kappa shape index (κ1) is 50.2. The summed E-state index contributed by atoms with van der Waals surface area (Å²) in [5.41, 5.74) is 1.28. The number of piperidine rings is 1. The highest BCUT2D eigenvalue weighted by Gasteiger charge is 2.27. The minimum atomic E-state index is 0.165. The summed E-state index contributed by atoms with van der Waals surface area (Å²) in [6.07, 6.45) is 7.06. The second-order valence-corrected chi connectivity index (χ2v) is 17.2. The van der Waals surface area contributed by atoms with Crippen molar-refractivity contribution in [3.63, 3.8) is 0 Å². The van der Waals surface area contributed by atoms with Gasteiger partial charge in [-0.2, -0.15) is 0 Å². The van der Waals surface area contributed by atoms with E-state index in [1.54, 1.807) is 4.90 Å². The molecular formula is C41H82N10O4. The Morgan fingerprint density at radius 1 is 0.618 bits per heavy atom. The van der Waals surface area contributed by atoms with Gasteiger partial charge in [0.2, 0.25) is 23.6 Å². The quantitative estimate of drug-likeness (QED) is 0.147. The first-order chi connectivity index (χ1) is 25.7. The Labute approximate surface area is 334 Å². The lowest BCUT2D eigenvalue weighted by Crippen LogP contribution is -2.47. The van der Waals surface area contributed by atoms with Crippen molar-refractivity contribution in [3.8, 4) is 0 Å². The Bertz CT molecular complexity index is 1140. The second-order valence-electron chi connectivity index (χ2n) is 17.2. The van der Waals surface area contributed by atoms with Crippen LogP contribution in [0.4, 0.5) is 0 Å². The highest BCUT2D eigenvalue weighted by molar-refractivity contribution is 5.79. The molecule has 0 aromatic heterocycles. The van der Waals surface area contributed by atoms with Gasteiger partial charge in [0.1, 0.15) is 0 Å². The van der Waals surface area contributed by atoms with Crippen LogP contribution >= 0.6 is 0 Å². The maximum absolute atomic E-state index is 11.1. The monoisotopic (exact) mass is 779 g/mol. The molecule has 14 nitrogen and oxygen atoms in total. The van der Waals surface area contributed by atoms with E-state index in [0.29, 0.717) is 86.1 Å². The molecule has 0 spiro atoms. The molecule has 0 aromatic rings. The topological polar surface area (TPSA) is 171 Å². The lowest BCUT2D eigenvalue weighted by Gasteiger charge is -2.25. The summed E-state index contributed by atoms with van der Waals surface area (Å²) < 4.78 is 0. The number of rotatable bonds is 12. The van der Waals surface area contributed by atoms with Crippen LogP contribution in [0.15, 0.2) is 12.3 Å². The van der Waals surface area contributed by atoms with Crippen LogP contribution in [0.3, 0.4) is 0 Å². The van der Waals surface area contributed by atoms with Crippen LogP contribution in [0.1, 0.15) is 121 Å². The molecule has 320 valence electrons. The van der Waals surface area contributed by atoms with Gasteiger partial charge in [-0.25, -0.2) is 0 Å². The zero-order valence-corrected chi connectivity index (χ0v) is 36.7. The Hall–Kier alpha value is -2.78. The van der Waals surface area contributed by atoms with E-state index in [1.165, 1.54) is 18.5 Å². The van der Waals surface area contributed by atoms with Gasteiger partial charge in [0.25, 0.3) is 0 Å². The standard InChI is InChI=1S/C10H20N2.3C8H16N2O.C7H14N2O/c1-8(2)11-7-10-6-5-9(3)12(10)4;1-6(2)9-7-4-8(11)10(3)5-7;1-6(2)10-7-3-4-8(11)9-5-7;1-6(2)9-5-7-3-4-8(11)10-7;1-5(2)9-6-3-7(10)8-4-6/h8,10-11H,3,5-7H2,1-2,4H3;6-7,9H,4-5H2,1-3H3;6-7,10H,3-5H2,1-2H3,(H,9,11);6-7,9H,3-5H2,1-2H3,(H,10,11);5-6,9H,3-4H2,1-2H3,(H,8,10). The summed E-state index contributed by atoms with van der Waals surface area (Å²) in [7, 11) is 3.99. The Morgan fingerprint density at radius 2 is 1.15 bits per heavy atom. The van der Waals surface area contributed by atoms with Gasteiger partial charge in [-0.15, -0.1) is 0 Å². The fraction of sp³-hybridized carbons (Fsp3) is 0.854. The summed E-state index contributed by atoms with van der Waals surface area (Å²) in [4.78, 5) is 47.3. The first-order valence-electron chi connectivity index (χ1n) is 21.0. The molecule has 5 unspecified atom stereocenters. The number of carbonyl (C=O) groups excluding carboxylic acids is 4. The van der Waals surface area contributed by atoms with Gasteiger partial charge < -0.3 is 52.3 Å². The molecule has 4 amide bonds. The van der Waals surface area contributed by atoms with E-state index in [2.05, 4.69) is 130 Å². The van der Waals surface area contributed by atoms with Crippen molar-refractivity contribution < 1.29 is 19.2 Å². The third-order valence-corrected chi connectivity index (χ3v) is 9.72. The molecule has 14 heteroatoms. The van der Waals surface area contributed by atoms with Crippen molar-refractivity contribution >= 4 is 23.6 Å². The summed E-state index contributed by atoms with van der Waals surface area (Å²) >= 11 is 0. The van der Waals surface area contributed by atoms with Crippen molar-refractivity contribution in [2.75, 3.05) is 46.8 Å². The number of amides is 4. The number of hydrogen-bond acceptors (Lipinski definition) is 10. The zero-order chi connectivity index (χ0) is 41.7. The predicted octanol–water partition coefficient (Wildman–Crippen LogP) is 2.21. The number of nitrogens with zero attached hydrogens (tertiary/aromatic N) is 2. The summed E-state index contributed by atoms with van der Waals surface area (Å²) in [6.45, 7) is 29.6. The van der Waals surface area contributed by atoms with Crippen molar-refractivity contribution in [3.05, 3.63) is 12.3 Å². The molecule has 0 aliphatic carbocycles. The molecule has 5 fully saturated rings. The van der Waals surface area contributed by atoms with Crippen LogP contribution < -0.4 is 42.5 Å². The lowest BCUT2D eigenvalue weighted by atomic mass is 10.1. The summed E-state index contributed by atoms with van der Waals surface area (Å²) in [5.74, 6) is 0.800. The van der Waals surface area contributed by atoms with Crippen LogP contribution in [0.2, 0.25) is 0 Å². The molecule has 5 aliphatic rings. The molecule has 0 aromatic carbocycles. The van der Waals surface area contributed by atoms with Crippen LogP contribution in [0.5, 0.6) is 0 Å². The van der Waals surface area contributed by atoms with E-state index < -0.39 is 0 Å². The smallest absolute Gasteiger partial charge is 0.224 e. The average molecular weight is 779 g/mol. The van der Waals surface area contributed by atoms with E-state index in [4.69, 9.17) is 0 Å². The summed E-state index contributed by atoms with van der Waals surface area (Å²) in [6, 6.07) is 4.78. The van der Waals surface area contributed by atoms with Crippen molar-refractivity contribution in [1.82, 2.24) is 52.3 Å². The molecule has 0 bridgehead atoms. The van der Waals surface area contributed by atoms with Crippen LogP contribution in [-0.2, 0) is 19.2 Å². The van der Waals surface area contributed by atoms with E-state index >= 15 is 0 Å². The van der Waals surface area contributed by atoms with Gasteiger partial charge in [-0.3, -0.25) is 19.2 Å². The second kappa shape index (κ2) is 27.0. The first-order valence-corrected chi connectivity index (χ1v) is 21.0. The Kier molecular flexibility index (Phi) is 24.6. The molecule has 0 radical (unpaired) electrons. The maximum Gasteiger partial charge on any atom is 0.224 e. The van der Waals surface area contributed by atoms with E-state index in [1.807, 2.05) is 7.05 Å². The number of likely N-dealkylation sites (tertiary alicyclic amines) is 2. The molecule has 55 heavy (non-hydrogen) atoms. The fourth-order valence-corrected chi connectivity index (χ4v) is 6.77. The Balaban J connectivity index is 0.000000344. The van der Waals surface area contributed by atoms with Gasteiger partial charge in [0, 0.05) is 139 Å². The number of allylic oxidation sites excluding steroid dienone is 1. The van der Waals surface area contributed by atoms with E-state index in [-0.39, 0.29) is 23.6 Å². The van der Waals surface area contributed by atoms with Gasteiger partial charge >= 0.3 is 0 Å². The highest BCUT2D eigenvalue weighted by Crippen LogP contribution is 2.23. The van der Waals surface area contributed by atoms with Crippen molar-refractivity contribution in [2.45, 2.75) is 181 Å². The van der Waals surface area contributed by atoms with Crippen LogP contribution in [-0.4, -0.2) is 141 Å². The minimum absolute atomic E-state index is 0.165. The normalized spacial score (nSPS) is 24.9. The van der Waals surface area contributed by atoms with Gasteiger partial charge in [0.15, 0.2) is 0 Å². The molecule has 8 N–H and O–H groups in total. The maximum atomic E-state index is 11.1. The van der Waals surface area contributed by atoms with Gasteiger partial charge in [-0.1, -0.05) is 75.8 Å². The lowest BCUT2D eigenvalue weighted by molar-refractivity contribution is -0.126. The van der Waals surface area contributed by atoms with Crippen LogP contribution in [0, 0.1) is 0 Å². The van der Waals surface area contributed by atoms with E-state index in [0.717, 1.165) is 45.6 Å². The van der Waals surface area contributed by atoms with Crippen molar-refractivity contribution in [2.24, 2.45) is 0 Å². The predicted molar refractivity (Wildman–Crippen MR) is 226 cm³/mol. The fourth-order valence-electron chi connectivity index (χ4n) is 6.77. The van der Waals surface area contributed by atoms with Crippen molar-refractivity contribution in [1.29, 1.82) is 0 Å². The van der Waals surface area contributed by atoms with Crippen LogP contribution in [0.25, 0.3) is 0 Å². The average Bonchev–Trinajstić information content (AvgIpc) is 3.85. The number of carbonyl (C=O) groups is 4. The largest absolute Gasteiger partial charge is 0.374 e. The third-order valence-electron chi connectivity index (χ3n) is 9.72.